The summed E-state index contributed by atoms with van der Waals surface area (Å²) in [7, 11) is 1.72. The highest BCUT2D eigenvalue weighted by atomic mass is 16.5. The van der Waals surface area contributed by atoms with Gasteiger partial charge in [0.1, 0.15) is 6.04 Å². The maximum absolute atomic E-state index is 12.0. The summed E-state index contributed by atoms with van der Waals surface area (Å²) in [6.07, 6.45) is 2.87. The molecule has 5 nitrogen and oxygen atoms in total. The highest BCUT2D eigenvalue weighted by molar-refractivity contribution is 5.75. The molecule has 126 valence electrons. The molecule has 0 saturated carbocycles. The Hall–Kier alpha value is -0.650. The summed E-state index contributed by atoms with van der Waals surface area (Å²) in [5.41, 5.74) is 0. The quantitative estimate of drug-likeness (QED) is 0.528. The topological polar surface area (TPSA) is 50.8 Å². The van der Waals surface area contributed by atoms with E-state index in [-0.39, 0.29) is 12.0 Å². The van der Waals surface area contributed by atoms with Crippen molar-refractivity contribution in [1.82, 2.24) is 10.2 Å². The molecule has 21 heavy (non-hydrogen) atoms. The Morgan fingerprint density at radius 1 is 1.24 bits per heavy atom. The van der Waals surface area contributed by atoms with E-state index in [9.17, 15) is 4.79 Å². The van der Waals surface area contributed by atoms with Crippen LogP contribution in [0.1, 0.15) is 47.0 Å². The fourth-order valence-electron chi connectivity index (χ4n) is 2.18. The third-order valence-electron chi connectivity index (χ3n) is 3.71. The lowest BCUT2D eigenvalue weighted by atomic mass is 10.1. The van der Waals surface area contributed by atoms with Gasteiger partial charge >= 0.3 is 5.97 Å². The Balaban J connectivity index is 4.46. The van der Waals surface area contributed by atoms with Crippen LogP contribution in [-0.4, -0.2) is 62.9 Å². The number of carbonyl (C=O) groups excluding carboxylic acids is 1. The average molecular weight is 302 g/mol. The van der Waals surface area contributed by atoms with E-state index in [4.69, 9.17) is 9.47 Å². The molecule has 0 aromatic rings. The van der Waals surface area contributed by atoms with Gasteiger partial charge in [-0.1, -0.05) is 13.8 Å². The van der Waals surface area contributed by atoms with Crippen molar-refractivity contribution < 1.29 is 14.3 Å². The summed E-state index contributed by atoms with van der Waals surface area (Å²) < 4.78 is 10.3. The largest absolute Gasteiger partial charge is 0.465 e. The lowest BCUT2D eigenvalue weighted by molar-refractivity contribution is -0.146. The summed E-state index contributed by atoms with van der Waals surface area (Å²) >= 11 is 0. The summed E-state index contributed by atoms with van der Waals surface area (Å²) in [5.74, 6) is -0.137. The Labute approximate surface area is 130 Å². The highest BCUT2D eigenvalue weighted by Crippen LogP contribution is 2.07. The second-order valence-corrected chi connectivity index (χ2v) is 5.33. The van der Waals surface area contributed by atoms with Crippen molar-refractivity contribution in [3.8, 4) is 0 Å². The van der Waals surface area contributed by atoms with E-state index in [1.165, 1.54) is 0 Å². The average Bonchev–Trinajstić information content (AvgIpc) is 2.49. The van der Waals surface area contributed by atoms with Crippen molar-refractivity contribution in [2.75, 3.05) is 40.0 Å². The van der Waals surface area contributed by atoms with E-state index in [0.29, 0.717) is 12.6 Å². The lowest BCUT2D eigenvalue weighted by Crippen LogP contribution is -2.43. The molecule has 0 bridgehead atoms. The maximum Gasteiger partial charge on any atom is 0.323 e. The first kappa shape index (κ1) is 20.3. The lowest BCUT2D eigenvalue weighted by Gasteiger charge is -2.29. The van der Waals surface area contributed by atoms with Gasteiger partial charge in [0, 0.05) is 26.2 Å². The molecule has 1 N–H and O–H groups in total. The number of nitrogens with zero attached hydrogens (tertiary/aromatic N) is 1. The normalized spacial score (nSPS) is 14.2. The fraction of sp³-hybridized carbons (Fsp3) is 0.938. The van der Waals surface area contributed by atoms with Gasteiger partial charge in [-0.15, -0.1) is 0 Å². The smallest absolute Gasteiger partial charge is 0.323 e. The van der Waals surface area contributed by atoms with E-state index >= 15 is 0 Å². The molecule has 2 unspecified atom stereocenters. The van der Waals surface area contributed by atoms with Crippen LogP contribution in [0, 0.1) is 0 Å². The predicted octanol–water partition coefficient (Wildman–Crippen LogP) is 2.05. The van der Waals surface area contributed by atoms with E-state index in [1.54, 1.807) is 7.11 Å². The van der Waals surface area contributed by atoms with Gasteiger partial charge in [-0.3, -0.25) is 9.69 Å². The maximum atomic E-state index is 12.0. The van der Waals surface area contributed by atoms with Gasteiger partial charge in [-0.25, -0.2) is 0 Å². The molecule has 0 fully saturated rings. The molecule has 0 saturated heterocycles. The molecule has 0 aliphatic rings. The van der Waals surface area contributed by atoms with Crippen LogP contribution in [0.4, 0.5) is 0 Å². The van der Waals surface area contributed by atoms with E-state index in [0.717, 1.165) is 45.5 Å². The number of nitrogens with one attached hydrogen (secondary N) is 1. The Bertz CT molecular complexity index is 262. The number of esters is 1. The van der Waals surface area contributed by atoms with Crippen LogP contribution < -0.4 is 5.32 Å². The summed E-state index contributed by atoms with van der Waals surface area (Å²) in [5, 5.41) is 3.29. The zero-order chi connectivity index (χ0) is 16.1. The summed E-state index contributed by atoms with van der Waals surface area (Å²) in [4.78, 5) is 14.4. The van der Waals surface area contributed by atoms with Crippen LogP contribution in [-0.2, 0) is 14.3 Å². The van der Waals surface area contributed by atoms with E-state index in [1.807, 2.05) is 6.92 Å². The first-order valence-electron chi connectivity index (χ1n) is 8.23. The van der Waals surface area contributed by atoms with Crippen LogP contribution in [0.5, 0.6) is 0 Å². The van der Waals surface area contributed by atoms with Crippen LogP contribution >= 0.6 is 0 Å². The number of ether oxygens (including phenoxy) is 2. The zero-order valence-corrected chi connectivity index (χ0v) is 14.5. The fourth-order valence-corrected chi connectivity index (χ4v) is 2.18. The van der Waals surface area contributed by atoms with Crippen LogP contribution in [0.3, 0.4) is 0 Å². The number of hydrogen-bond donors (Lipinski definition) is 1. The van der Waals surface area contributed by atoms with Crippen molar-refractivity contribution in [1.29, 1.82) is 0 Å². The summed E-state index contributed by atoms with van der Waals surface area (Å²) in [6, 6.07) is 0.285. The molecule has 0 aliphatic carbocycles. The van der Waals surface area contributed by atoms with E-state index in [2.05, 4.69) is 31.0 Å². The molecule has 2 atom stereocenters. The Kier molecular flexibility index (Phi) is 12.6. The van der Waals surface area contributed by atoms with Gasteiger partial charge in [0.2, 0.25) is 0 Å². The van der Waals surface area contributed by atoms with E-state index < -0.39 is 0 Å². The molecule has 0 heterocycles. The van der Waals surface area contributed by atoms with Crippen LogP contribution in [0.2, 0.25) is 0 Å². The van der Waals surface area contributed by atoms with Crippen molar-refractivity contribution in [2.45, 2.75) is 59.0 Å². The van der Waals surface area contributed by atoms with Crippen molar-refractivity contribution in [3.05, 3.63) is 0 Å². The first-order valence-corrected chi connectivity index (χ1v) is 8.23. The second-order valence-electron chi connectivity index (χ2n) is 5.33. The molecule has 0 amide bonds. The van der Waals surface area contributed by atoms with Gasteiger partial charge < -0.3 is 14.8 Å². The number of rotatable bonds is 13. The molecule has 5 heteroatoms. The van der Waals surface area contributed by atoms with Gasteiger partial charge in [0.25, 0.3) is 0 Å². The minimum absolute atomic E-state index is 0.137. The Morgan fingerprint density at radius 3 is 2.48 bits per heavy atom. The van der Waals surface area contributed by atoms with Gasteiger partial charge in [-0.2, -0.15) is 0 Å². The molecule has 0 aromatic heterocycles. The number of hydrogen-bond acceptors (Lipinski definition) is 5. The molecule has 0 rings (SSSR count). The summed E-state index contributed by atoms with van der Waals surface area (Å²) in [6.45, 7) is 12.1. The Morgan fingerprint density at radius 2 is 1.95 bits per heavy atom. The standard InChI is InChI=1S/C16H34N2O3/c1-6-10-17-15(16(19)21-8-3)9-11-18(12-13-20-5)14(4)7-2/h14-15,17H,6-13H2,1-5H3. The van der Waals surface area contributed by atoms with Gasteiger partial charge in [0.05, 0.1) is 13.2 Å². The second kappa shape index (κ2) is 13.0. The highest BCUT2D eigenvalue weighted by Gasteiger charge is 2.21. The van der Waals surface area contributed by atoms with Crippen molar-refractivity contribution in [2.24, 2.45) is 0 Å². The molecule has 0 spiro atoms. The van der Waals surface area contributed by atoms with Crippen LogP contribution in [0.25, 0.3) is 0 Å². The molecular weight excluding hydrogens is 268 g/mol. The van der Waals surface area contributed by atoms with Crippen molar-refractivity contribution in [3.63, 3.8) is 0 Å². The minimum atomic E-state index is -0.209. The molecular formula is C16H34N2O3. The third-order valence-corrected chi connectivity index (χ3v) is 3.71. The van der Waals surface area contributed by atoms with Crippen molar-refractivity contribution >= 4 is 5.97 Å². The van der Waals surface area contributed by atoms with Gasteiger partial charge in [-0.05, 0) is 39.7 Å². The van der Waals surface area contributed by atoms with Gasteiger partial charge in [0.15, 0.2) is 0 Å². The molecule has 0 aromatic carbocycles. The minimum Gasteiger partial charge on any atom is -0.465 e. The number of methoxy groups -OCH3 is 1. The first-order chi connectivity index (χ1) is 10.1. The molecule has 0 radical (unpaired) electrons. The predicted molar refractivity (Wildman–Crippen MR) is 86.5 cm³/mol. The third kappa shape index (κ3) is 9.06. The van der Waals surface area contributed by atoms with Crippen LogP contribution in [0.15, 0.2) is 0 Å². The monoisotopic (exact) mass is 302 g/mol. The SMILES string of the molecule is CCCNC(CCN(CCOC)C(C)CC)C(=O)OCC. The molecule has 0 aliphatic heterocycles. The zero-order valence-electron chi connectivity index (χ0n) is 14.5. The number of carbonyl (C=O) groups is 1.